The predicted molar refractivity (Wildman–Crippen MR) is 103 cm³/mol. The van der Waals surface area contributed by atoms with E-state index in [0.717, 1.165) is 11.5 Å². The maximum absolute atomic E-state index is 14.4. The second-order valence-electron chi connectivity index (χ2n) is 7.07. The number of aliphatic imine (C=N–C) groups is 1. The molecule has 1 saturated carbocycles. The summed E-state index contributed by atoms with van der Waals surface area (Å²) in [6.07, 6.45) is 6.73. The zero-order valence-corrected chi connectivity index (χ0v) is 15.8. The number of benzene rings is 1. The summed E-state index contributed by atoms with van der Waals surface area (Å²) >= 11 is 5.91. The fourth-order valence-electron chi connectivity index (χ4n) is 4.20. The largest absolute Gasteiger partial charge is 0.355 e. The molecule has 6 heteroatoms. The van der Waals surface area contributed by atoms with E-state index in [4.69, 9.17) is 16.6 Å². The summed E-state index contributed by atoms with van der Waals surface area (Å²) in [6, 6.07) is 5.45. The fourth-order valence-corrected chi connectivity index (χ4v) is 4.37. The molecule has 1 aliphatic carbocycles. The standard InChI is InChI=1S/C20H22ClFN4/c1-3-12-6-4-9-16(12)26(2)17-11-24-20-15(25-17)10-23-19(20)13-7-5-8-14(21)18(13)22/h5,7-8,11-12,16H,3-4,6,9-10H2,1-2H3/t12-,16+/m0/s1. The van der Waals surface area contributed by atoms with Crippen LogP contribution in [0.3, 0.4) is 0 Å². The van der Waals surface area contributed by atoms with Crippen LogP contribution in [0, 0.1) is 11.7 Å². The van der Waals surface area contributed by atoms with E-state index >= 15 is 0 Å². The summed E-state index contributed by atoms with van der Waals surface area (Å²) in [7, 11) is 2.10. The minimum absolute atomic E-state index is 0.0924. The molecular weight excluding hydrogens is 351 g/mol. The molecule has 0 saturated heterocycles. The summed E-state index contributed by atoms with van der Waals surface area (Å²) in [5.41, 5.74) is 2.37. The molecule has 1 aliphatic heterocycles. The smallest absolute Gasteiger partial charge is 0.151 e. The van der Waals surface area contributed by atoms with Gasteiger partial charge in [-0.25, -0.2) is 14.4 Å². The average Bonchev–Trinajstić information content (AvgIpc) is 3.29. The Labute approximate surface area is 158 Å². The van der Waals surface area contributed by atoms with E-state index in [2.05, 4.69) is 28.8 Å². The Morgan fingerprint density at radius 2 is 2.15 bits per heavy atom. The van der Waals surface area contributed by atoms with Crippen LogP contribution in [0.1, 0.15) is 49.6 Å². The van der Waals surface area contributed by atoms with Crippen molar-refractivity contribution in [1.29, 1.82) is 0 Å². The van der Waals surface area contributed by atoms with Gasteiger partial charge in [-0.2, -0.15) is 0 Å². The predicted octanol–water partition coefficient (Wildman–Crippen LogP) is 4.64. The van der Waals surface area contributed by atoms with E-state index in [1.54, 1.807) is 18.3 Å². The van der Waals surface area contributed by atoms with Crippen LogP contribution in [0.2, 0.25) is 5.02 Å². The Morgan fingerprint density at radius 1 is 1.31 bits per heavy atom. The van der Waals surface area contributed by atoms with Gasteiger partial charge < -0.3 is 4.90 Å². The van der Waals surface area contributed by atoms with E-state index in [0.29, 0.717) is 35.5 Å². The van der Waals surface area contributed by atoms with Crippen LogP contribution in [0.4, 0.5) is 10.2 Å². The zero-order valence-electron chi connectivity index (χ0n) is 15.0. The summed E-state index contributed by atoms with van der Waals surface area (Å²) in [6.45, 7) is 2.68. The zero-order chi connectivity index (χ0) is 18.3. The van der Waals surface area contributed by atoms with Crippen molar-refractivity contribution in [3.63, 3.8) is 0 Å². The van der Waals surface area contributed by atoms with Gasteiger partial charge in [-0.1, -0.05) is 37.4 Å². The second kappa shape index (κ2) is 6.95. The van der Waals surface area contributed by atoms with Crippen molar-refractivity contribution < 1.29 is 4.39 Å². The number of halogens is 2. The van der Waals surface area contributed by atoms with Gasteiger partial charge in [0.25, 0.3) is 0 Å². The lowest BCUT2D eigenvalue weighted by molar-refractivity contribution is 0.449. The van der Waals surface area contributed by atoms with Gasteiger partial charge in [0.1, 0.15) is 11.5 Å². The molecule has 2 aromatic rings. The van der Waals surface area contributed by atoms with Crippen molar-refractivity contribution in [3.8, 4) is 0 Å². The molecule has 1 aromatic carbocycles. The van der Waals surface area contributed by atoms with Crippen LogP contribution < -0.4 is 4.90 Å². The number of nitrogens with zero attached hydrogens (tertiary/aromatic N) is 4. The van der Waals surface area contributed by atoms with Gasteiger partial charge in [0.2, 0.25) is 0 Å². The van der Waals surface area contributed by atoms with Crippen molar-refractivity contribution in [1.82, 2.24) is 9.97 Å². The van der Waals surface area contributed by atoms with Gasteiger partial charge in [-0.15, -0.1) is 0 Å². The number of rotatable bonds is 4. The minimum Gasteiger partial charge on any atom is -0.355 e. The molecule has 4 nitrogen and oxygen atoms in total. The highest BCUT2D eigenvalue weighted by molar-refractivity contribution is 6.31. The van der Waals surface area contributed by atoms with E-state index < -0.39 is 5.82 Å². The highest BCUT2D eigenvalue weighted by Gasteiger charge is 2.31. The van der Waals surface area contributed by atoms with Gasteiger partial charge >= 0.3 is 0 Å². The highest BCUT2D eigenvalue weighted by Crippen LogP contribution is 2.34. The molecule has 0 spiro atoms. The first-order valence-electron chi connectivity index (χ1n) is 9.18. The Hall–Kier alpha value is -2.01. The second-order valence-corrected chi connectivity index (χ2v) is 7.47. The third-order valence-electron chi connectivity index (χ3n) is 5.65. The lowest BCUT2D eigenvalue weighted by atomic mass is 9.99. The van der Waals surface area contributed by atoms with E-state index in [1.807, 2.05) is 0 Å². The third-order valence-corrected chi connectivity index (χ3v) is 5.94. The molecule has 26 heavy (non-hydrogen) atoms. The molecule has 2 aliphatic rings. The van der Waals surface area contributed by atoms with Crippen molar-refractivity contribution in [3.05, 3.63) is 52.2 Å². The average molecular weight is 373 g/mol. The van der Waals surface area contributed by atoms with Crippen LogP contribution in [-0.2, 0) is 6.54 Å². The number of hydrogen-bond acceptors (Lipinski definition) is 4. The molecular formula is C20H22ClFN4. The normalized spacial score (nSPS) is 21.6. The van der Waals surface area contributed by atoms with Crippen molar-refractivity contribution in [2.24, 2.45) is 10.9 Å². The van der Waals surface area contributed by atoms with Crippen LogP contribution in [0.5, 0.6) is 0 Å². The number of anilines is 1. The first kappa shape index (κ1) is 17.4. The van der Waals surface area contributed by atoms with Crippen molar-refractivity contribution in [2.75, 3.05) is 11.9 Å². The molecule has 0 amide bonds. The molecule has 1 fully saturated rings. The van der Waals surface area contributed by atoms with Gasteiger partial charge in [-0.3, -0.25) is 4.99 Å². The molecule has 2 heterocycles. The summed E-state index contributed by atoms with van der Waals surface area (Å²) in [5, 5.41) is 0.0924. The maximum Gasteiger partial charge on any atom is 0.151 e. The highest BCUT2D eigenvalue weighted by atomic mass is 35.5. The van der Waals surface area contributed by atoms with E-state index in [1.165, 1.54) is 31.7 Å². The fraction of sp³-hybridized carbons (Fsp3) is 0.450. The quantitative estimate of drug-likeness (QED) is 0.785. The number of aromatic nitrogens is 2. The minimum atomic E-state index is -0.458. The Morgan fingerprint density at radius 3 is 2.96 bits per heavy atom. The van der Waals surface area contributed by atoms with Gasteiger partial charge in [0, 0.05) is 18.7 Å². The Bertz CT molecular complexity index is 867. The molecule has 0 radical (unpaired) electrons. The van der Waals surface area contributed by atoms with Crippen LogP contribution in [0.25, 0.3) is 0 Å². The summed E-state index contributed by atoms with van der Waals surface area (Å²) in [4.78, 5) is 16.1. The van der Waals surface area contributed by atoms with Crippen LogP contribution in [-0.4, -0.2) is 28.8 Å². The molecule has 2 atom stereocenters. The molecule has 1 aromatic heterocycles. The maximum atomic E-state index is 14.4. The number of fused-ring (bicyclic) bond motifs is 1. The van der Waals surface area contributed by atoms with Crippen molar-refractivity contribution in [2.45, 2.75) is 45.2 Å². The molecule has 4 rings (SSSR count). The van der Waals surface area contributed by atoms with E-state index in [-0.39, 0.29) is 5.02 Å². The number of hydrogen-bond donors (Lipinski definition) is 0. The first-order valence-corrected chi connectivity index (χ1v) is 9.56. The SMILES string of the molecule is CC[C@H]1CCC[C@H]1N(C)c1cnc2c(n1)CN=C2c1cccc(Cl)c1F. The van der Waals surface area contributed by atoms with Gasteiger partial charge in [0.05, 0.1) is 29.2 Å². The van der Waals surface area contributed by atoms with Gasteiger partial charge in [0.15, 0.2) is 5.82 Å². The third kappa shape index (κ3) is 2.88. The lowest BCUT2D eigenvalue weighted by Gasteiger charge is -2.30. The van der Waals surface area contributed by atoms with E-state index in [9.17, 15) is 4.39 Å². The Balaban J connectivity index is 1.63. The molecule has 0 unspecified atom stereocenters. The molecule has 0 bridgehead atoms. The summed E-state index contributed by atoms with van der Waals surface area (Å²) < 4.78 is 14.4. The van der Waals surface area contributed by atoms with Crippen molar-refractivity contribution >= 4 is 23.1 Å². The first-order chi connectivity index (χ1) is 12.6. The monoisotopic (exact) mass is 372 g/mol. The van der Waals surface area contributed by atoms with Crippen LogP contribution >= 0.6 is 11.6 Å². The van der Waals surface area contributed by atoms with Crippen LogP contribution in [0.15, 0.2) is 29.4 Å². The molecule has 136 valence electrons. The Kier molecular flexibility index (Phi) is 4.65. The van der Waals surface area contributed by atoms with Gasteiger partial charge in [-0.05, 0) is 30.9 Å². The topological polar surface area (TPSA) is 41.4 Å². The molecule has 0 N–H and O–H groups in total. The lowest BCUT2D eigenvalue weighted by Crippen LogP contribution is -2.35. The summed E-state index contributed by atoms with van der Waals surface area (Å²) in [5.74, 6) is 1.13.